The number of fused-ring (bicyclic) bond motifs is 2. The van der Waals surface area contributed by atoms with Crippen LogP contribution in [0.4, 0.5) is 22.9 Å². The number of para-hydroxylation sites is 1. The molecule has 2 aromatic rings. The number of amides is 1. The summed E-state index contributed by atoms with van der Waals surface area (Å²) in [5, 5.41) is 3.59. The van der Waals surface area contributed by atoms with Gasteiger partial charge < -0.3 is 19.9 Å². The van der Waals surface area contributed by atoms with Crippen LogP contribution in [0, 0.1) is 0 Å². The van der Waals surface area contributed by atoms with Crippen molar-refractivity contribution in [3.8, 4) is 0 Å². The van der Waals surface area contributed by atoms with Crippen molar-refractivity contribution >= 4 is 28.8 Å². The van der Waals surface area contributed by atoms with E-state index in [1.807, 2.05) is 31.3 Å². The quantitative estimate of drug-likeness (QED) is 0.861. The molecule has 1 fully saturated rings. The van der Waals surface area contributed by atoms with E-state index in [1.165, 1.54) is 0 Å². The van der Waals surface area contributed by atoms with E-state index in [0.717, 1.165) is 55.2 Å². The number of aromatic nitrogens is 1. The minimum Gasteiger partial charge on any atom is -0.379 e. The number of nitrogens with zero attached hydrogens (tertiary/aromatic N) is 3. The van der Waals surface area contributed by atoms with Gasteiger partial charge in [0, 0.05) is 32.8 Å². The second-order valence-electron chi connectivity index (χ2n) is 7.57. The minimum absolute atomic E-state index is 0.0158. The molecule has 4 rings (SSSR count). The fourth-order valence-corrected chi connectivity index (χ4v) is 4.23. The zero-order valence-corrected chi connectivity index (χ0v) is 16.8. The zero-order valence-electron chi connectivity index (χ0n) is 16.8. The van der Waals surface area contributed by atoms with Crippen molar-refractivity contribution in [2.75, 3.05) is 35.8 Å². The molecule has 1 amide bonds. The molecule has 0 unspecified atom stereocenters. The molecule has 1 N–H and O–H groups in total. The molecule has 6 heteroatoms. The van der Waals surface area contributed by atoms with E-state index < -0.39 is 0 Å². The number of benzene rings is 1. The van der Waals surface area contributed by atoms with Crippen molar-refractivity contribution in [2.45, 2.75) is 44.8 Å². The number of carbonyl (C=O) groups is 1. The highest BCUT2D eigenvalue weighted by molar-refractivity contribution is 6.13. The van der Waals surface area contributed by atoms with Gasteiger partial charge in [0.25, 0.3) is 5.91 Å². The molecule has 28 heavy (non-hydrogen) atoms. The first-order valence-corrected chi connectivity index (χ1v) is 10.1. The summed E-state index contributed by atoms with van der Waals surface area (Å²) >= 11 is 0. The second-order valence-corrected chi connectivity index (χ2v) is 7.57. The van der Waals surface area contributed by atoms with Crippen LogP contribution in [0.1, 0.15) is 43.0 Å². The Kier molecular flexibility index (Phi) is 5.22. The Morgan fingerprint density at radius 2 is 1.82 bits per heavy atom. The van der Waals surface area contributed by atoms with E-state index in [-0.39, 0.29) is 5.91 Å². The summed E-state index contributed by atoms with van der Waals surface area (Å²) in [5.41, 5.74) is 3.40. The molecule has 148 valence electrons. The molecule has 1 saturated carbocycles. The van der Waals surface area contributed by atoms with E-state index in [1.54, 1.807) is 18.1 Å². The van der Waals surface area contributed by atoms with Crippen molar-refractivity contribution in [2.24, 2.45) is 0 Å². The van der Waals surface area contributed by atoms with E-state index in [4.69, 9.17) is 4.74 Å². The molecule has 2 heterocycles. The van der Waals surface area contributed by atoms with E-state index >= 15 is 0 Å². The van der Waals surface area contributed by atoms with Crippen molar-refractivity contribution in [3.63, 3.8) is 0 Å². The summed E-state index contributed by atoms with van der Waals surface area (Å²) in [6, 6.07) is 10.2. The summed E-state index contributed by atoms with van der Waals surface area (Å²) in [6.45, 7) is 2.84. The summed E-state index contributed by atoms with van der Waals surface area (Å²) in [7, 11) is 3.81. The zero-order chi connectivity index (χ0) is 19.7. The first-order valence-electron chi connectivity index (χ1n) is 10.1. The molecule has 0 radical (unpaired) electrons. The maximum atomic E-state index is 12.9. The third-order valence-electron chi connectivity index (χ3n) is 5.81. The predicted octanol–water partition coefficient (Wildman–Crippen LogP) is 4.20. The number of nitrogens with one attached hydrogen (secondary N) is 1. The molecular formula is C22H28N4O2. The third-order valence-corrected chi connectivity index (χ3v) is 5.81. The monoisotopic (exact) mass is 380 g/mol. The summed E-state index contributed by atoms with van der Waals surface area (Å²) in [4.78, 5) is 21.2. The van der Waals surface area contributed by atoms with Crippen LogP contribution in [-0.2, 0) is 4.74 Å². The van der Waals surface area contributed by atoms with Crippen LogP contribution in [-0.4, -0.2) is 43.7 Å². The fraction of sp³-hybridized carbons (Fsp3) is 0.455. The van der Waals surface area contributed by atoms with Crippen LogP contribution < -0.4 is 15.1 Å². The average molecular weight is 380 g/mol. The molecule has 1 aromatic carbocycles. The minimum atomic E-state index is -0.0158. The topological polar surface area (TPSA) is 57.7 Å². The number of anilines is 4. The molecule has 0 bridgehead atoms. The van der Waals surface area contributed by atoms with Crippen LogP contribution in [0.25, 0.3) is 0 Å². The highest BCUT2D eigenvalue weighted by atomic mass is 16.5. The maximum absolute atomic E-state index is 12.9. The summed E-state index contributed by atoms with van der Waals surface area (Å²) in [5.74, 6) is 0.837. The van der Waals surface area contributed by atoms with E-state index in [2.05, 4.69) is 28.2 Å². The Bertz CT molecular complexity index is 861. The first-order chi connectivity index (χ1) is 13.6. The average Bonchev–Trinajstić information content (AvgIpc) is 2.80. The van der Waals surface area contributed by atoms with Gasteiger partial charge in [-0.3, -0.25) is 4.79 Å². The molecule has 1 aromatic heterocycles. The van der Waals surface area contributed by atoms with Gasteiger partial charge in [0.1, 0.15) is 5.82 Å². The molecule has 2 aliphatic rings. The van der Waals surface area contributed by atoms with Crippen molar-refractivity contribution in [1.29, 1.82) is 0 Å². The highest BCUT2D eigenvalue weighted by Gasteiger charge is 2.28. The Morgan fingerprint density at radius 1 is 1.07 bits per heavy atom. The smallest absolute Gasteiger partial charge is 0.260 e. The van der Waals surface area contributed by atoms with Crippen LogP contribution in [0.5, 0.6) is 0 Å². The Balaban J connectivity index is 1.58. The van der Waals surface area contributed by atoms with Crippen LogP contribution in [0.2, 0.25) is 0 Å². The summed E-state index contributed by atoms with van der Waals surface area (Å²) in [6.07, 6.45) is 6.53. The molecule has 0 atom stereocenters. The van der Waals surface area contributed by atoms with Crippen molar-refractivity contribution in [3.05, 3.63) is 42.1 Å². The Hall–Kier alpha value is -2.60. The van der Waals surface area contributed by atoms with Gasteiger partial charge in [-0.05, 0) is 44.7 Å². The largest absolute Gasteiger partial charge is 0.379 e. The van der Waals surface area contributed by atoms with Crippen LogP contribution in [0.15, 0.2) is 36.5 Å². The van der Waals surface area contributed by atoms with Gasteiger partial charge in [0.05, 0.1) is 34.9 Å². The van der Waals surface area contributed by atoms with Crippen molar-refractivity contribution in [1.82, 2.24) is 4.98 Å². The molecule has 6 nitrogen and oxygen atoms in total. The van der Waals surface area contributed by atoms with Gasteiger partial charge in [-0.2, -0.15) is 0 Å². The molecule has 1 aliphatic carbocycles. The van der Waals surface area contributed by atoms with Gasteiger partial charge in [-0.15, -0.1) is 0 Å². The lowest BCUT2D eigenvalue weighted by Crippen LogP contribution is -2.30. The van der Waals surface area contributed by atoms with E-state index in [0.29, 0.717) is 17.7 Å². The standard InChI is InChI=1S/C22H28N4O2/c1-4-28-16-11-9-15(10-12-16)24-21-13-19-20(14-23-21)26(3)22(27)17-7-5-6-8-18(17)25(19)2/h5-8,13-16H,4,9-12H2,1-3H3,(H,23,24). The lowest BCUT2D eigenvalue weighted by Gasteiger charge is -2.30. The van der Waals surface area contributed by atoms with Gasteiger partial charge in [-0.25, -0.2) is 4.98 Å². The SMILES string of the molecule is CCOC1CCC(Nc2cc3c(cn2)N(C)C(=O)c2ccccc2N3C)CC1. The summed E-state index contributed by atoms with van der Waals surface area (Å²) < 4.78 is 5.75. The molecule has 1 aliphatic heterocycles. The molecular weight excluding hydrogens is 352 g/mol. The highest BCUT2D eigenvalue weighted by Crippen LogP contribution is 2.39. The lowest BCUT2D eigenvalue weighted by molar-refractivity contribution is 0.0346. The molecule has 0 spiro atoms. The van der Waals surface area contributed by atoms with E-state index in [9.17, 15) is 4.79 Å². The number of carbonyl (C=O) groups excluding carboxylic acids is 1. The van der Waals surface area contributed by atoms with Gasteiger partial charge in [0.15, 0.2) is 0 Å². The van der Waals surface area contributed by atoms with Crippen LogP contribution in [0.3, 0.4) is 0 Å². The fourth-order valence-electron chi connectivity index (χ4n) is 4.23. The first kappa shape index (κ1) is 18.7. The second kappa shape index (κ2) is 7.80. The predicted molar refractivity (Wildman–Crippen MR) is 113 cm³/mol. The van der Waals surface area contributed by atoms with Gasteiger partial charge in [-0.1, -0.05) is 12.1 Å². The third kappa shape index (κ3) is 3.44. The number of rotatable bonds is 4. The van der Waals surface area contributed by atoms with Crippen molar-refractivity contribution < 1.29 is 9.53 Å². The van der Waals surface area contributed by atoms with Gasteiger partial charge >= 0.3 is 0 Å². The Morgan fingerprint density at radius 3 is 2.57 bits per heavy atom. The normalized spacial score (nSPS) is 21.8. The number of ether oxygens (including phenoxy) is 1. The van der Waals surface area contributed by atoms with Crippen LogP contribution >= 0.6 is 0 Å². The molecule has 0 saturated heterocycles. The maximum Gasteiger partial charge on any atom is 0.260 e. The number of hydrogen-bond acceptors (Lipinski definition) is 5. The van der Waals surface area contributed by atoms with Gasteiger partial charge in [0.2, 0.25) is 0 Å². The number of hydrogen-bond donors (Lipinski definition) is 1. The Labute approximate surface area is 166 Å². The lowest BCUT2D eigenvalue weighted by atomic mass is 9.93. The number of pyridine rings is 1.